The summed E-state index contributed by atoms with van der Waals surface area (Å²) in [7, 11) is 1.64. The minimum absolute atomic E-state index is 0.0110. The number of carbonyl (C=O) groups excluding carboxylic acids is 1. The van der Waals surface area contributed by atoms with Gasteiger partial charge in [-0.05, 0) is 49.4 Å². The van der Waals surface area contributed by atoms with Gasteiger partial charge in [0, 0.05) is 40.4 Å². The highest BCUT2D eigenvalue weighted by atomic mass is 32.1. The number of methoxy groups -OCH3 is 1. The second kappa shape index (κ2) is 8.07. The van der Waals surface area contributed by atoms with Crippen LogP contribution in [0.5, 0.6) is 11.5 Å². The van der Waals surface area contributed by atoms with Crippen LogP contribution in [-0.2, 0) is 13.0 Å². The third kappa shape index (κ3) is 3.77. The summed E-state index contributed by atoms with van der Waals surface area (Å²) in [5.41, 5.74) is 3.67. The summed E-state index contributed by atoms with van der Waals surface area (Å²) in [4.78, 5) is 24.3. The van der Waals surface area contributed by atoms with E-state index in [0.29, 0.717) is 25.4 Å². The first kappa shape index (κ1) is 19.6. The number of ether oxygens (including phenoxy) is 2. The van der Waals surface area contributed by atoms with Gasteiger partial charge in [0.15, 0.2) is 0 Å². The number of fused-ring (bicyclic) bond motifs is 2. The van der Waals surface area contributed by atoms with Gasteiger partial charge in [-0.2, -0.15) is 0 Å². The Morgan fingerprint density at radius 1 is 1.16 bits per heavy atom. The summed E-state index contributed by atoms with van der Waals surface area (Å²) >= 11 is 1.66. The average molecular weight is 434 g/mol. The second-order valence-electron chi connectivity index (χ2n) is 7.46. The number of nitrogens with one attached hydrogen (secondary N) is 1. The van der Waals surface area contributed by atoms with Gasteiger partial charge in [0.2, 0.25) is 0 Å². The summed E-state index contributed by atoms with van der Waals surface area (Å²) in [6, 6.07) is 15.7. The van der Waals surface area contributed by atoms with Gasteiger partial charge in [0.1, 0.15) is 22.2 Å². The van der Waals surface area contributed by atoms with Crippen molar-refractivity contribution in [2.45, 2.75) is 19.9 Å². The molecule has 158 valence electrons. The van der Waals surface area contributed by atoms with E-state index in [1.54, 1.807) is 18.4 Å². The summed E-state index contributed by atoms with van der Waals surface area (Å²) < 4.78 is 10.8. The Hall–Kier alpha value is -3.32. The molecule has 1 aliphatic heterocycles. The van der Waals surface area contributed by atoms with Crippen LogP contribution in [0.2, 0.25) is 0 Å². The zero-order chi connectivity index (χ0) is 21.4. The van der Waals surface area contributed by atoms with Crippen LogP contribution in [-0.4, -0.2) is 41.0 Å². The first-order valence-corrected chi connectivity index (χ1v) is 11.1. The number of aromatic amines is 1. The molecule has 5 rings (SSSR count). The molecule has 0 atom stereocenters. The first-order chi connectivity index (χ1) is 15.1. The summed E-state index contributed by atoms with van der Waals surface area (Å²) in [6.07, 6.45) is 0.767. The maximum absolute atomic E-state index is 13.1. The standard InChI is InChI=1S/C24H23N3O3S/c1-3-30-17-7-4-15(5-8-17)23-26-19-10-11-27(14-22(19)31-23)24(28)21-12-16-6-9-18(29-2)13-20(16)25-21/h4-9,12-13,25H,3,10-11,14H2,1-2H3. The molecule has 0 saturated carbocycles. The monoisotopic (exact) mass is 433 g/mol. The largest absolute Gasteiger partial charge is 0.497 e. The predicted molar refractivity (Wildman–Crippen MR) is 122 cm³/mol. The van der Waals surface area contributed by atoms with Gasteiger partial charge in [-0.3, -0.25) is 4.79 Å². The molecular formula is C24H23N3O3S. The molecule has 6 nitrogen and oxygen atoms in total. The van der Waals surface area contributed by atoms with Gasteiger partial charge >= 0.3 is 0 Å². The number of hydrogen-bond donors (Lipinski definition) is 1. The van der Waals surface area contributed by atoms with E-state index < -0.39 is 0 Å². The van der Waals surface area contributed by atoms with Gasteiger partial charge < -0.3 is 19.4 Å². The molecule has 0 bridgehead atoms. The minimum atomic E-state index is 0.0110. The quantitative estimate of drug-likeness (QED) is 0.486. The Bertz CT molecular complexity index is 1240. The van der Waals surface area contributed by atoms with Crippen LogP contribution in [0.4, 0.5) is 0 Å². The van der Waals surface area contributed by atoms with Crippen LogP contribution in [0, 0.1) is 0 Å². The molecule has 7 heteroatoms. The lowest BCUT2D eigenvalue weighted by Gasteiger charge is -2.25. The second-order valence-corrected chi connectivity index (χ2v) is 8.54. The van der Waals surface area contributed by atoms with Crippen molar-refractivity contribution in [2.24, 2.45) is 0 Å². The highest BCUT2D eigenvalue weighted by Crippen LogP contribution is 2.33. The molecule has 31 heavy (non-hydrogen) atoms. The zero-order valence-electron chi connectivity index (χ0n) is 17.5. The summed E-state index contributed by atoms with van der Waals surface area (Å²) in [5.74, 6) is 1.64. The number of aromatic nitrogens is 2. The Balaban J connectivity index is 1.35. The Kier molecular flexibility index (Phi) is 5.11. The smallest absolute Gasteiger partial charge is 0.270 e. The molecule has 1 aliphatic rings. The van der Waals surface area contributed by atoms with E-state index in [0.717, 1.165) is 50.0 Å². The molecule has 0 unspecified atom stereocenters. The molecule has 0 aliphatic carbocycles. The van der Waals surface area contributed by atoms with Crippen molar-refractivity contribution in [2.75, 3.05) is 20.3 Å². The van der Waals surface area contributed by atoms with Crippen LogP contribution in [0.3, 0.4) is 0 Å². The number of amides is 1. The number of benzene rings is 2. The fraction of sp³-hybridized carbons (Fsp3) is 0.250. The molecule has 2 aromatic carbocycles. The minimum Gasteiger partial charge on any atom is -0.497 e. The van der Waals surface area contributed by atoms with E-state index in [1.165, 1.54) is 0 Å². The number of rotatable bonds is 5. The lowest BCUT2D eigenvalue weighted by molar-refractivity contribution is 0.0731. The Morgan fingerprint density at radius 2 is 1.97 bits per heavy atom. The fourth-order valence-electron chi connectivity index (χ4n) is 3.87. The molecule has 1 N–H and O–H groups in total. The van der Waals surface area contributed by atoms with E-state index in [9.17, 15) is 4.79 Å². The van der Waals surface area contributed by atoms with Crippen LogP contribution in [0.15, 0.2) is 48.5 Å². The number of H-pyrrole nitrogens is 1. The van der Waals surface area contributed by atoms with E-state index in [-0.39, 0.29) is 5.91 Å². The van der Waals surface area contributed by atoms with Gasteiger partial charge in [-0.15, -0.1) is 11.3 Å². The molecular weight excluding hydrogens is 410 g/mol. The number of nitrogens with zero attached hydrogens (tertiary/aromatic N) is 2. The third-order valence-corrected chi connectivity index (χ3v) is 6.62. The van der Waals surface area contributed by atoms with Gasteiger partial charge in [0.05, 0.1) is 26.0 Å². The van der Waals surface area contributed by atoms with Crippen molar-refractivity contribution in [3.63, 3.8) is 0 Å². The maximum atomic E-state index is 13.1. The van der Waals surface area contributed by atoms with Crippen molar-refractivity contribution >= 4 is 28.1 Å². The molecule has 2 aromatic heterocycles. The lowest BCUT2D eigenvalue weighted by atomic mass is 10.1. The number of thiazole rings is 1. The number of carbonyl (C=O) groups is 1. The normalized spacial score (nSPS) is 13.3. The lowest BCUT2D eigenvalue weighted by Crippen LogP contribution is -2.35. The van der Waals surface area contributed by atoms with E-state index in [4.69, 9.17) is 14.5 Å². The van der Waals surface area contributed by atoms with Gasteiger partial charge in [-0.1, -0.05) is 0 Å². The molecule has 4 aromatic rings. The van der Waals surface area contributed by atoms with Crippen LogP contribution in [0.25, 0.3) is 21.5 Å². The van der Waals surface area contributed by atoms with Crippen molar-refractivity contribution < 1.29 is 14.3 Å². The SMILES string of the molecule is CCOc1ccc(-c2nc3c(s2)CN(C(=O)c2cc4ccc(OC)cc4[nH]2)CC3)cc1. The van der Waals surface area contributed by atoms with Crippen LogP contribution >= 0.6 is 11.3 Å². The van der Waals surface area contributed by atoms with Crippen molar-refractivity contribution in [1.82, 2.24) is 14.9 Å². The van der Waals surface area contributed by atoms with Crippen molar-refractivity contribution in [1.29, 1.82) is 0 Å². The zero-order valence-corrected chi connectivity index (χ0v) is 18.3. The molecule has 0 radical (unpaired) electrons. The molecule has 3 heterocycles. The van der Waals surface area contributed by atoms with Crippen molar-refractivity contribution in [3.05, 3.63) is 64.8 Å². The Labute approximate surface area is 184 Å². The van der Waals surface area contributed by atoms with E-state index >= 15 is 0 Å². The average Bonchev–Trinajstić information content (AvgIpc) is 3.42. The molecule has 1 amide bonds. The first-order valence-electron chi connectivity index (χ1n) is 10.3. The van der Waals surface area contributed by atoms with E-state index in [2.05, 4.69) is 4.98 Å². The molecule has 0 saturated heterocycles. The number of hydrogen-bond acceptors (Lipinski definition) is 5. The third-order valence-electron chi connectivity index (χ3n) is 5.49. The van der Waals surface area contributed by atoms with Crippen LogP contribution < -0.4 is 9.47 Å². The highest BCUT2D eigenvalue weighted by molar-refractivity contribution is 7.15. The summed E-state index contributed by atoms with van der Waals surface area (Å²) in [6.45, 7) is 3.87. The predicted octanol–water partition coefficient (Wildman–Crippen LogP) is 4.90. The highest BCUT2D eigenvalue weighted by Gasteiger charge is 2.26. The van der Waals surface area contributed by atoms with E-state index in [1.807, 2.05) is 60.4 Å². The summed E-state index contributed by atoms with van der Waals surface area (Å²) in [5, 5.41) is 1.98. The van der Waals surface area contributed by atoms with Gasteiger partial charge in [-0.25, -0.2) is 4.98 Å². The molecule has 0 fully saturated rings. The fourth-order valence-corrected chi connectivity index (χ4v) is 5.00. The van der Waals surface area contributed by atoms with Gasteiger partial charge in [0.25, 0.3) is 5.91 Å². The topological polar surface area (TPSA) is 67.4 Å². The van der Waals surface area contributed by atoms with Crippen molar-refractivity contribution in [3.8, 4) is 22.1 Å². The Morgan fingerprint density at radius 3 is 2.74 bits per heavy atom. The van der Waals surface area contributed by atoms with Crippen LogP contribution in [0.1, 0.15) is 28.0 Å². The molecule has 0 spiro atoms. The maximum Gasteiger partial charge on any atom is 0.270 e.